The molecule has 0 saturated heterocycles. The first-order valence-corrected chi connectivity index (χ1v) is 7.51. The highest BCUT2D eigenvalue weighted by atomic mass is 19.4. The van der Waals surface area contributed by atoms with E-state index in [-0.39, 0.29) is 16.9 Å². The number of pyridine rings is 1. The van der Waals surface area contributed by atoms with E-state index in [0.29, 0.717) is 18.4 Å². The Morgan fingerprint density at radius 2 is 2.04 bits per heavy atom. The molecule has 1 aliphatic rings. The molecule has 1 aliphatic carbocycles. The number of para-hydroxylation sites is 1. The predicted octanol–water partition coefficient (Wildman–Crippen LogP) is 3.92. The fraction of sp³-hybridized carbons (Fsp3) is 0.353. The van der Waals surface area contributed by atoms with Crippen LogP contribution in [-0.2, 0) is 6.18 Å². The molecule has 122 valence electrons. The fourth-order valence-electron chi connectivity index (χ4n) is 2.84. The zero-order valence-corrected chi connectivity index (χ0v) is 12.4. The standard InChI is InChI=1S/C17H17F3N2O/c1-2-5-14(11-8-9-11)21-22-15-7-4-3-6-12(15)13(10-16(22)23)17(18,19)20/h2-4,6-7,10-11,14,21H,1,5,8-9H2. The van der Waals surface area contributed by atoms with Crippen molar-refractivity contribution in [1.82, 2.24) is 4.68 Å². The molecular formula is C17H17F3N2O. The average Bonchev–Trinajstić information content (AvgIpc) is 3.32. The minimum Gasteiger partial charge on any atom is -0.319 e. The molecule has 1 heterocycles. The second-order valence-electron chi connectivity index (χ2n) is 5.84. The smallest absolute Gasteiger partial charge is 0.319 e. The molecule has 1 N–H and O–H groups in total. The molecule has 0 amide bonds. The summed E-state index contributed by atoms with van der Waals surface area (Å²) in [5.74, 6) is 0.431. The van der Waals surface area contributed by atoms with Gasteiger partial charge in [-0.15, -0.1) is 6.58 Å². The Bertz CT molecular complexity index is 791. The molecule has 2 aromatic rings. The van der Waals surface area contributed by atoms with Crippen LogP contribution in [0, 0.1) is 5.92 Å². The molecular weight excluding hydrogens is 305 g/mol. The molecule has 6 heteroatoms. The maximum absolute atomic E-state index is 13.2. The predicted molar refractivity (Wildman–Crippen MR) is 83.9 cm³/mol. The third-order valence-corrected chi connectivity index (χ3v) is 4.14. The summed E-state index contributed by atoms with van der Waals surface area (Å²) < 4.78 is 40.7. The molecule has 1 unspecified atom stereocenters. The number of rotatable bonds is 5. The van der Waals surface area contributed by atoms with Crippen molar-refractivity contribution in [3.63, 3.8) is 0 Å². The van der Waals surface area contributed by atoms with Crippen LogP contribution in [0.1, 0.15) is 24.8 Å². The minimum absolute atomic E-state index is 0.00495. The topological polar surface area (TPSA) is 34.0 Å². The molecule has 1 atom stereocenters. The lowest BCUT2D eigenvalue weighted by molar-refractivity contribution is -0.136. The fourth-order valence-corrected chi connectivity index (χ4v) is 2.84. The third kappa shape index (κ3) is 3.11. The Morgan fingerprint density at radius 1 is 1.35 bits per heavy atom. The highest BCUT2D eigenvalue weighted by Gasteiger charge is 2.35. The lowest BCUT2D eigenvalue weighted by Gasteiger charge is -2.22. The number of nitrogens with one attached hydrogen (secondary N) is 1. The van der Waals surface area contributed by atoms with Gasteiger partial charge in [-0.05, 0) is 31.2 Å². The zero-order chi connectivity index (χ0) is 16.6. The number of alkyl halides is 3. The summed E-state index contributed by atoms with van der Waals surface area (Å²) in [6.45, 7) is 3.71. The minimum atomic E-state index is -4.56. The normalized spacial score (nSPS) is 16.3. The van der Waals surface area contributed by atoms with Crippen LogP contribution >= 0.6 is 0 Å². The van der Waals surface area contributed by atoms with Gasteiger partial charge in [0.2, 0.25) is 0 Å². The van der Waals surface area contributed by atoms with Crippen LogP contribution in [0.25, 0.3) is 10.9 Å². The number of halogens is 3. The molecule has 1 aromatic carbocycles. The first-order valence-electron chi connectivity index (χ1n) is 7.51. The molecule has 1 fully saturated rings. The van der Waals surface area contributed by atoms with E-state index in [0.717, 1.165) is 12.8 Å². The van der Waals surface area contributed by atoms with Crippen LogP contribution < -0.4 is 11.0 Å². The molecule has 23 heavy (non-hydrogen) atoms. The average molecular weight is 322 g/mol. The van der Waals surface area contributed by atoms with E-state index >= 15 is 0 Å². The number of benzene rings is 1. The van der Waals surface area contributed by atoms with Crippen LogP contribution in [0.4, 0.5) is 13.2 Å². The van der Waals surface area contributed by atoms with Gasteiger partial charge in [0.25, 0.3) is 5.56 Å². The van der Waals surface area contributed by atoms with Crippen molar-refractivity contribution in [3.05, 3.63) is 58.9 Å². The van der Waals surface area contributed by atoms with Crippen LogP contribution in [-0.4, -0.2) is 10.7 Å². The second-order valence-corrected chi connectivity index (χ2v) is 5.84. The van der Waals surface area contributed by atoms with Gasteiger partial charge in [0.1, 0.15) is 0 Å². The maximum atomic E-state index is 13.2. The Labute approximate surface area is 131 Å². The monoisotopic (exact) mass is 322 g/mol. The number of hydrogen-bond donors (Lipinski definition) is 1. The van der Waals surface area contributed by atoms with Gasteiger partial charge >= 0.3 is 6.18 Å². The number of fused-ring (bicyclic) bond motifs is 1. The van der Waals surface area contributed by atoms with E-state index in [2.05, 4.69) is 12.0 Å². The van der Waals surface area contributed by atoms with Gasteiger partial charge in [0.05, 0.1) is 11.1 Å². The molecule has 1 aromatic heterocycles. The van der Waals surface area contributed by atoms with E-state index in [4.69, 9.17) is 0 Å². The summed E-state index contributed by atoms with van der Waals surface area (Å²) in [6.07, 6.45) is -0.0355. The number of hydrogen-bond acceptors (Lipinski definition) is 2. The highest BCUT2D eigenvalue weighted by Crippen LogP contribution is 2.36. The highest BCUT2D eigenvalue weighted by molar-refractivity contribution is 5.83. The first kappa shape index (κ1) is 15.6. The van der Waals surface area contributed by atoms with Crippen LogP contribution in [0.5, 0.6) is 0 Å². The van der Waals surface area contributed by atoms with Gasteiger partial charge in [-0.1, -0.05) is 24.3 Å². The van der Waals surface area contributed by atoms with Gasteiger partial charge in [-0.2, -0.15) is 13.2 Å². The maximum Gasteiger partial charge on any atom is 0.417 e. The van der Waals surface area contributed by atoms with Crippen molar-refractivity contribution in [2.75, 3.05) is 5.43 Å². The molecule has 0 spiro atoms. The summed E-state index contributed by atoms with van der Waals surface area (Å²) in [4.78, 5) is 12.3. The van der Waals surface area contributed by atoms with Gasteiger partial charge in [-0.3, -0.25) is 4.79 Å². The summed E-state index contributed by atoms with van der Waals surface area (Å²) in [5.41, 5.74) is 1.73. The van der Waals surface area contributed by atoms with Crippen LogP contribution in [0.3, 0.4) is 0 Å². The van der Waals surface area contributed by atoms with E-state index in [9.17, 15) is 18.0 Å². The Hall–Kier alpha value is -2.24. The summed E-state index contributed by atoms with van der Waals surface area (Å²) in [5, 5.41) is 0.0141. The van der Waals surface area contributed by atoms with Gasteiger partial charge in [0, 0.05) is 17.5 Å². The van der Waals surface area contributed by atoms with E-state index < -0.39 is 17.3 Å². The molecule has 1 saturated carbocycles. The van der Waals surface area contributed by atoms with Crippen LogP contribution in [0.2, 0.25) is 0 Å². The summed E-state index contributed by atoms with van der Waals surface area (Å²) >= 11 is 0. The van der Waals surface area contributed by atoms with Gasteiger partial charge in [0.15, 0.2) is 0 Å². The summed E-state index contributed by atoms with van der Waals surface area (Å²) in [6, 6.07) is 6.73. The summed E-state index contributed by atoms with van der Waals surface area (Å²) in [7, 11) is 0. The Balaban J connectivity index is 2.12. The van der Waals surface area contributed by atoms with Gasteiger partial charge in [-0.25, -0.2) is 4.68 Å². The Kier molecular flexibility index (Phi) is 3.92. The quantitative estimate of drug-likeness (QED) is 0.847. The lowest BCUT2D eigenvalue weighted by Crippen LogP contribution is -2.37. The van der Waals surface area contributed by atoms with Crippen molar-refractivity contribution >= 4 is 10.9 Å². The molecule has 3 rings (SSSR count). The SMILES string of the molecule is C=CCC(Nn1c(=O)cc(C(F)(F)F)c2ccccc21)C1CC1. The molecule has 0 radical (unpaired) electrons. The first-order chi connectivity index (χ1) is 10.9. The Morgan fingerprint density at radius 3 is 2.65 bits per heavy atom. The van der Waals surface area contributed by atoms with E-state index in [1.807, 2.05) is 0 Å². The number of aromatic nitrogens is 1. The second kappa shape index (κ2) is 5.76. The van der Waals surface area contributed by atoms with Crippen molar-refractivity contribution in [1.29, 1.82) is 0 Å². The van der Waals surface area contributed by atoms with Crippen molar-refractivity contribution < 1.29 is 13.2 Å². The molecule has 3 nitrogen and oxygen atoms in total. The number of nitrogens with zero attached hydrogens (tertiary/aromatic N) is 1. The molecule has 0 bridgehead atoms. The van der Waals surface area contributed by atoms with Crippen molar-refractivity contribution in [2.45, 2.75) is 31.5 Å². The third-order valence-electron chi connectivity index (χ3n) is 4.14. The van der Waals surface area contributed by atoms with Gasteiger partial charge < -0.3 is 5.43 Å². The molecule has 0 aliphatic heterocycles. The van der Waals surface area contributed by atoms with E-state index in [1.54, 1.807) is 12.1 Å². The zero-order valence-electron chi connectivity index (χ0n) is 12.4. The van der Waals surface area contributed by atoms with Crippen LogP contribution in [0.15, 0.2) is 47.8 Å². The lowest BCUT2D eigenvalue weighted by atomic mass is 10.1. The van der Waals surface area contributed by atoms with E-state index in [1.165, 1.54) is 22.9 Å². The van der Waals surface area contributed by atoms with Crippen molar-refractivity contribution in [2.24, 2.45) is 5.92 Å². The van der Waals surface area contributed by atoms with Crippen molar-refractivity contribution in [3.8, 4) is 0 Å². The largest absolute Gasteiger partial charge is 0.417 e.